The minimum Gasteiger partial charge on any atom is -0.380 e. The number of nitrogens with one attached hydrogen (secondary N) is 1. The first kappa shape index (κ1) is 12.4. The molecule has 0 spiro atoms. The van der Waals surface area contributed by atoms with Gasteiger partial charge in [0.25, 0.3) is 0 Å². The van der Waals surface area contributed by atoms with Crippen LogP contribution in [0.25, 0.3) is 11.0 Å². The molecule has 1 fully saturated rings. The van der Waals surface area contributed by atoms with Crippen molar-refractivity contribution >= 4 is 16.7 Å². The van der Waals surface area contributed by atoms with Crippen molar-refractivity contribution < 1.29 is 4.74 Å². The number of anilines is 1. The molecule has 0 radical (unpaired) electrons. The summed E-state index contributed by atoms with van der Waals surface area (Å²) < 4.78 is 5.32. The molecular weight excluding hydrogens is 240 g/mol. The summed E-state index contributed by atoms with van der Waals surface area (Å²) in [7, 11) is 2.10. The second-order valence-corrected chi connectivity index (χ2v) is 5.58. The molecule has 0 atom stereocenters. The van der Waals surface area contributed by atoms with Gasteiger partial charge in [0.05, 0.1) is 24.2 Å². The fourth-order valence-corrected chi connectivity index (χ4v) is 2.62. The van der Waals surface area contributed by atoms with Crippen LogP contribution in [0.3, 0.4) is 0 Å². The molecule has 3 rings (SSSR count). The van der Waals surface area contributed by atoms with E-state index in [2.05, 4.69) is 40.1 Å². The Labute approximate surface area is 112 Å². The fourth-order valence-electron chi connectivity index (χ4n) is 2.62. The highest BCUT2D eigenvalue weighted by atomic mass is 16.5. The Morgan fingerprint density at radius 3 is 2.89 bits per heavy atom. The van der Waals surface area contributed by atoms with E-state index in [-0.39, 0.29) is 5.41 Å². The maximum atomic E-state index is 5.87. The Bertz CT molecular complexity index is 583. The molecule has 1 aliphatic heterocycles. The minimum absolute atomic E-state index is 0.119. The van der Waals surface area contributed by atoms with Crippen LogP contribution in [0.2, 0.25) is 0 Å². The van der Waals surface area contributed by atoms with Crippen LogP contribution in [-0.4, -0.2) is 43.3 Å². The van der Waals surface area contributed by atoms with Crippen LogP contribution in [0.1, 0.15) is 5.82 Å². The highest BCUT2D eigenvalue weighted by molar-refractivity contribution is 5.79. The van der Waals surface area contributed by atoms with Crippen molar-refractivity contribution in [3.8, 4) is 0 Å². The predicted molar refractivity (Wildman–Crippen MR) is 76.4 cm³/mol. The third-order valence-corrected chi connectivity index (χ3v) is 3.85. The highest BCUT2D eigenvalue weighted by Crippen LogP contribution is 2.29. The molecule has 19 heavy (non-hydrogen) atoms. The number of ether oxygens (including phenoxy) is 1. The van der Waals surface area contributed by atoms with E-state index < -0.39 is 0 Å². The second kappa shape index (κ2) is 4.51. The molecule has 3 N–H and O–H groups in total. The van der Waals surface area contributed by atoms with Crippen molar-refractivity contribution in [1.82, 2.24) is 9.97 Å². The van der Waals surface area contributed by atoms with Crippen LogP contribution in [0.5, 0.6) is 0 Å². The van der Waals surface area contributed by atoms with Crippen molar-refractivity contribution in [2.24, 2.45) is 11.1 Å². The van der Waals surface area contributed by atoms with Crippen molar-refractivity contribution in [3.05, 3.63) is 24.0 Å². The van der Waals surface area contributed by atoms with Crippen molar-refractivity contribution in [2.75, 3.05) is 38.3 Å². The van der Waals surface area contributed by atoms with E-state index in [0.29, 0.717) is 6.54 Å². The maximum absolute atomic E-state index is 5.87. The van der Waals surface area contributed by atoms with Gasteiger partial charge in [0.15, 0.2) is 0 Å². The molecule has 1 saturated heterocycles. The summed E-state index contributed by atoms with van der Waals surface area (Å²) in [5, 5.41) is 0. The molecule has 1 aromatic heterocycles. The van der Waals surface area contributed by atoms with Gasteiger partial charge in [0.2, 0.25) is 0 Å². The highest BCUT2D eigenvalue weighted by Gasteiger charge is 2.38. The molecule has 0 saturated carbocycles. The van der Waals surface area contributed by atoms with Gasteiger partial charge in [-0.1, -0.05) is 0 Å². The molecule has 2 heterocycles. The van der Waals surface area contributed by atoms with Gasteiger partial charge < -0.3 is 20.4 Å². The van der Waals surface area contributed by atoms with E-state index in [4.69, 9.17) is 10.5 Å². The first-order valence-electron chi connectivity index (χ1n) is 6.57. The third-order valence-electron chi connectivity index (χ3n) is 3.85. The van der Waals surface area contributed by atoms with Crippen LogP contribution < -0.4 is 10.6 Å². The van der Waals surface area contributed by atoms with Crippen LogP contribution in [0, 0.1) is 12.3 Å². The zero-order chi connectivity index (χ0) is 13.5. The molecule has 1 aliphatic rings. The molecule has 102 valence electrons. The number of benzene rings is 1. The summed E-state index contributed by atoms with van der Waals surface area (Å²) in [4.78, 5) is 9.93. The van der Waals surface area contributed by atoms with Crippen molar-refractivity contribution in [3.63, 3.8) is 0 Å². The van der Waals surface area contributed by atoms with Gasteiger partial charge in [0.1, 0.15) is 5.82 Å². The lowest BCUT2D eigenvalue weighted by molar-refractivity contribution is -0.101. The third kappa shape index (κ3) is 2.19. The zero-order valence-corrected chi connectivity index (χ0v) is 11.4. The lowest BCUT2D eigenvalue weighted by Crippen LogP contribution is -2.54. The van der Waals surface area contributed by atoms with Gasteiger partial charge in [-0.25, -0.2) is 4.98 Å². The number of nitrogens with zero attached hydrogens (tertiary/aromatic N) is 2. The number of imidazole rings is 1. The predicted octanol–water partition coefficient (Wildman–Crippen LogP) is 1.28. The van der Waals surface area contributed by atoms with Crippen LogP contribution in [-0.2, 0) is 4.74 Å². The summed E-state index contributed by atoms with van der Waals surface area (Å²) in [6.45, 7) is 5.09. The molecule has 5 heteroatoms. The molecule has 0 bridgehead atoms. The van der Waals surface area contributed by atoms with Gasteiger partial charge in [-0.05, 0) is 25.1 Å². The Hall–Kier alpha value is -1.59. The number of hydrogen-bond acceptors (Lipinski definition) is 4. The van der Waals surface area contributed by atoms with Gasteiger partial charge in [-0.15, -0.1) is 0 Å². The molecule has 0 amide bonds. The topological polar surface area (TPSA) is 67.2 Å². The van der Waals surface area contributed by atoms with Gasteiger partial charge >= 0.3 is 0 Å². The van der Waals surface area contributed by atoms with Crippen LogP contribution in [0.4, 0.5) is 5.69 Å². The Morgan fingerprint density at radius 2 is 2.26 bits per heavy atom. The Morgan fingerprint density at radius 1 is 1.47 bits per heavy atom. The van der Waals surface area contributed by atoms with Crippen LogP contribution >= 0.6 is 0 Å². The molecule has 0 unspecified atom stereocenters. The van der Waals surface area contributed by atoms with Crippen molar-refractivity contribution in [2.45, 2.75) is 6.92 Å². The standard InChI is InChI=1S/C14H20N4O/c1-10-16-12-4-3-11(5-13(12)17-10)18(2)7-14(6-15)8-19-9-14/h3-5H,6-9,15H2,1-2H3,(H,16,17). The molecule has 2 aromatic rings. The smallest absolute Gasteiger partial charge is 0.104 e. The number of aryl methyl sites for hydroxylation is 1. The van der Waals surface area contributed by atoms with E-state index in [1.54, 1.807) is 0 Å². The van der Waals surface area contributed by atoms with Gasteiger partial charge in [-0.2, -0.15) is 0 Å². The molecule has 5 nitrogen and oxygen atoms in total. The van der Waals surface area contributed by atoms with Gasteiger partial charge in [-0.3, -0.25) is 0 Å². The molecule has 0 aliphatic carbocycles. The summed E-state index contributed by atoms with van der Waals surface area (Å²) in [6, 6.07) is 6.29. The van der Waals surface area contributed by atoms with E-state index >= 15 is 0 Å². The fraction of sp³-hybridized carbons (Fsp3) is 0.500. The first-order chi connectivity index (χ1) is 9.12. The van der Waals surface area contributed by atoms with Crippen LogP contribution in [0.15, 0.2) is 18.2 Å². The SMILES string of the molecule is Cc1nc2ccc(N(C)CC3(CN)COC3)cc2[nH]1. The second-order valence-electron chi connectivity index (χ2n) is 5.58. The van der Waals surface area contributed by atoms with Gasteiger partial charge in [0, 0.05) is 31.2 Å². The number of nitrogens with two attached hydrogens (primary N) is 1. The number of hydrogen-bond donors (Lipinski definition) is 2. The molecule has 1 aromatic carbocycles. The zero-order valence-electron chi connectivity index (χ0n) is 11.4. The lowest BCUT2D eigenvalue weighted by atomic mass is 9.85. The largest absolute Gasteiger partial charge is 0.380 e. The lowest BCUT2D eigenvalue weighted by Gasteiger charge is -2.43. The average molecular weight is 260 g/mol. The Balaban J connectivity index is 1.82. The van der Waals surface area contributed by atoms with Crippen molar-refractivity contribution in [1.29, 1.82) is 0 Å². The normalized spacial score (nSPS) is 17.4. The maximum Gasteiger partial charge on any atom is 0.104 e. The van der Waals surface area contributed by atoms with E-state index in [1.807, 2.05) is 6.92 Å². The number of H-pyrrole nitrogens is 1. The minimum atomic E-state index is 0.119. The quantitative estimate of drug-likeness (QED) is 0.869. The monoisotopic (exact) mass is 260 g/mol. The summed E-state index contributed by atoms with van der Waals surface area (Å²) in [5.74, 6) is 0.945. The number of rotatable bonds is 4. The van der Waals surface area contributed by atoms with E-state index in [1.165, 1.54) is 5.69 Å². The molecular formula is C14H20N4O. The van der Waals surface area contributed by atoms with E-state index in [0.717, 1.165) is 36.6 Å². The Kier molecular flexibility index (Phi) is 2.95. The average Bonchev–Trinajstić information content (AvgIpc) is 2.72. The number of aromatic nitrogens is 2. The summed E-state index contributed by atoms with van der Waals surface area (Å²) >= 11 is 0. The number of aromatic amines is 1. The number of fused-ring (bicyclic) bond motifs is 1. The summed E-state index contributed by atoms with van der Waals surface area (Å²) in [5.41, 5.74) is 9.25. The van der Waals surface area contributed by atoms with E-state index in [9.17, 15) is 0 Å². The first-order valence-corrected chi connectivity index (χ1v) is 6.57. The summed E-state index contributed by atoms with van der Waals surface area (Å²) in [6.07, 6.45) is 0.